The molecule has 0 unspecified atom stereocenters. The fourth-order valence-electron chi connectivity index (χ4n) is 1.28. The molecule has 1 rings (SSSR count). The van der Waals surface area contributed by atoms with Gasteiger partial charge in [0.25, 0.3) is 0 Å². The summed E-state index contributed by atoms with van der Waals surface area (Å²) in [4.78, 5) is 10.5. The predicted octanol–water partition coefficient (Wildman–Crippen LogP) is 1.86. The molecule has 3 nitrogen and oxygen atoms in total. The van der Waals surface area contributed by atoms with Gasteiger partial charge in [0.1, 0.15) is 0 Å². The van der Waals surface area contributed by atoms with E-state index in [9.17, 15) is 4.79 Å². The van der Waals surface area contributed by atoms with E-state index in [1.165, 1.54) is 0 Å². The van der Waals surface area contributed by atoms with Crippen molar-refractivity contribution in [2.24, 2.45) is 5.73 Å². The van der Waals surface area contributed by atoms with Crippen LogP contribution in [0.4, 0.5) is 0 Å². The molecule has 1 aromatic rings. The molecule has 14 heavy (non-hydrogen) atoms. The molecule has 0 aliphatic rings. The summed E-state index contributed by atoms with van der Waals surface area (Å²) >= 11 is 5.72. The van der Waals surface area contributed by atoms with Gasteiger partial charge in [-0.2, -0.15) is 0 Å². The summed E-state index contributed by atoms with van der Waals surface area (Å²) in [5.74, 6) is -0.972. The molecule has 0 aliphatic heterocycles. The molecule has 76 valence electrons. The highest BCUT2D eigenvalue weighted by molar-refractivity contribution is 6.30. The molecule has 1 atom stereocenters. The van der Waals surface area contributed by atoms with Crippen molar-refractivity contribution < 1.29 is 9.90 Å². The van der Waals surface area contributed by atoms with Crippen molar-refractivity contribution in [1.29, 1.82) is 0 Å². The van der Waals surface area contributed by atoms with Crippen molar-refractivity contribution in [2.75, 3.05) is 6.54 Å². The maximum absolute atomic E-state index is 10.5. The second kappa shape index (κ2) is 4.98. The fraction of sp³-hybridized carbons (Fsp3) is 0.300. The van der Waals surface area contributed by atoms with E-state index in [0.717, 1.165) is 5.56 Å². The molecule has 0 aliphatic carbocycles. The summed E-state index contributed by atoms with van der Waals surface area (Å²) in [7, 11) is 0. The molecule has 0 radical (unpaired) electrons. The van der Waals surface area contributed by atoms with Crippen molar-refractivity contribution in [3.05, 3.63) is 34.9 Å². The Morgan fingerprint density at radius 1 is 1.43 bits per heavy atom. The van der Waals surface area contributed by atoms with Crippen molar-refractivity contribution >= 4 is 17.6 Å². The van der Waals surface area contributed by atoms with Gasteiger partial charge in [0.15, 0.2) is 0 Å². The van der Waals surface area contributed by atoms with Crippen LogP contribution in [0.25, 0.3) is 0 Å². The zero-order valence-corrected chi connectivity index (χ0v) is 8.37. The number of nitrogens with two attached hydrogens (primary N) is 1. The summed E-state index contributed by atoms with van der Waals surface area (Å²) in [5.41, 5.74) is 6.41. The first-order valence-electron chi connectivity index (χ1n) is 4.31. The van der Waals surface area contributed by atoms with E-state index in [0.29, 0.717) is 11.6 Å². The van der Waals surface area contributed by atoms with Crippen LogP contribution in [0, 0.1) is 0 Å². The minimum absolute atomic E-state index is 0.0537. The third kappa shape index (κ3) is 3.01. The topological polar surface area (TPSA) is 63.3 Å². The molecular formula is C10H12ClNO2. The maximum Gasteiger partial charge on any atom is 0.304 e. The van der Waals surface area contributed by atoms with E-state index in [1.807, 2.05) is 12.1 Å². The van der Waals surface area contributed by atoms with Crippen molar-refractivity contribution in [2.45, 2.75) is 12.3 Å². The van der Waals surface area contributed by atoms with Crippen LogP contribution < -0.4 is 5.73 Å². The monoisotopic (exact) mass is 219 g/mol. The number of benzene rings is 1. The van der Waals surface area contributed by atoms with Crippen LogP contribution in [0.2, 0.25) is 5.02 Å². The highest BCUT2D eigenvalue weighted by atomic mass is 35.5. The van der Waals surface area contributed by atoms with Gasteiger partial charge in [0.2, 0.25) is 0 Å². The van der Waals surface area contributed by atoms with Crippen LogP contribution in [-0.2, 0) is 4.79 Å². The second-order valence-electron chi connectivity index (χ2n) is 3.08. The molecule has 4 heteroatoms. The number of hydrogen-bond acceptors (Lipinski definition) is 2. The van der Waals surface area contributed by atoms with Crippen LogP contribution >= 0.6 is 11.6 Å². The van der Waals surface area contributed by atoms with Gasteiger partial charge in [-0.3, -0.25) is 4.79 Å². The molecule has 0 heterocycles. The minimum atomic E-state index is -0.838. The highest BCUT2D eigenvalue weighted by Gasteiger charge is 2.13. The average Bonchev–Trinajstić information content (AvgIpc) is 2.15. The summed E-state index contributed by atoms with van der Waals surface area (Å²) in [5, 5.41) is 9.29. The smallest absolute Gasteiger partial charge is 0.304 e. The fourth-order valence-corrected chi connectivity index (χ4v) is 1.41. The molecule has 3 N–H and O–H groups in total. The lowest BCUT2D eigenvalue weighted by Crippen LogP contribution is -2.16. The largest absolute Gasteiger partial charge is 0.481 e. The first kappa shape index (κ1) is 11.0. The van der Waals surface area contributed by atoms with E-state index in [1.54, 1.807) is 12.1 Å². The molecule has 0 saturated heterocycles. The lowest BCUT2D eigenvalue weighted by atomic mass is 10.2. The van der Waals surface area contributed by atoms with Crippen LogP contribution in [0.5, 0.6) is 0 Å². The predicted molar refractivity (Wildman–Crippen MR) is 55.5 cm³/mol. The maximum atomic E-state index is 10.5. The molecule has 1 aromatic carbocycles. The van der Waals surface area contributed by atoms with E-state index in [4.69, 9.17) is 22.4 Å². The van der Waals surface area contributed by atoms with Gasteiger partial charge in [-0.05, 0) is 24.2 Å². The summed E-state index contributed by atoms with van der Waals surface area (Å²) < 4.78 is 0. The van der Waals surface area contributed by atoms with Crippen molar-refractivity contribution in [1.82, 2.24) is 0 Å². The first-order chi connectivity index (χ1) is 6.63. The SMILES string of the molecule is NC[C@H](CC(=O)O)[13c]1[13cH][13cH][13c](Cl)[13cH][13cH]1. The Morgan fingerprint density at radius 3 is 2.43 bits per heavy atom. The highest BCUT2D eigenvalue weighted by Crippen LogP contribution is 2.20. The third-order valence-corrected chi connectivity index (χ3v) is 2.30. The molecular weight excluding hydrogens is 208 g/mol. The number of halogens is 1. The lowest BCUT2D eigenvalue weighted by Gasteiger charge is -2.12. The normalized spacial score (nSPS) is 12.4. The third-order valence-electron chi connectivity index (χ3n) is 2.05. The zero-order chi connectivity index (χ0) is 10.6. The van der Waals surface area contributed by atoms with Gasteiger partial charge >= 0.3 is 5.97 Å². The van der Waals surface area contributed by atoms with Crippen LogP contribution in [0.3, 0.4) is 0 Å². The van der Waals surface area contributed by atoms with Gasteiger partial charge < -0.3 is 10.8 Å². The van der Waals surface area contributed by atoms with E-state index >= 15 is 0 Å². The Hall–Kier alpha value is -1.06. The number of carboxylic acid groups (broad SMARTS) is 1. The van der Waals surface area contributed by atoms with Crippen LogP contribution in [0.1, 0.15) is 17.9 Å². The molecule has 0 saturated carbocycles. The van der Waals surface area contributed by atoms with Gasteiger partial charge in [-0.15, -0.1) is 0 Å². The Kier molecular flexibility index (Phi) is 3.92. The van der Waals surface area contributed by atoms with E-state index in [-0.39, 0.29) is 12.3 Å². The van der Waals surface area contributed by atoms with Gasteiger partial charge in [-0.1, -0.05) is 23.7 Å². The summed E-state index contributed by atoms with van der Waals surface area (Å²) in [6, 6.07) is 7.09. The lowest BCUT2D eigenvalue weighted by molar-refractivity contribution is -0.137. The molecule has 0 fully saturated rings. The Bertz CT molecular complexity index is 310. The number of aliphatic carboxylic acids is 1. The zero-order valence-electron chi connectivity index (χ0n) is 7.61. The Morgan fingerprint density at radius 2 is 2.00 bits per heavy atom. The van der Waals surface area contributed by atoms with Crippen LogP contribution in [-0.4, -0.2) is 17.6 Å². The van der Waals surface area contributed by atoms with Crippen molar-refractivity contribution in [3.8, 4) is 0 Å². The first-order valence-corrected chi connectivity index (χ1v) is 4.68. The Labute approximate surface area is 87.5 Å². The van der Waals surface area contributed by atoms with E-state index in [2.05, 4.69) is 0 Å². The van der Waals surface area contributed by atoms with Gasteiger partial charge in [0.05, 0.1) is 6.42 Å². The van der Waals surface area contributed by atoms with Crippen molar-refractivity contribution in [3.63, 3.8) is 0 Å². The molecule has 0 bridgehead atoms. The summed E-state index contributed by atoms with van der Waals surface area (Å²) in [6.07, 6.45) is 0.0537. The molecule has 0 amide bonds. The number of hydrogen-bond donors (Lipinski definition) is 2. The van der Waals surface area contributed by atoms with Crippen LogP contribution in [0.15, 0.2) is 24.3 Å². The standard InChI is InChI=1S/C10H12ClNO2/c11-9-3-1-7(2-4-9)8(6-12)5-10(13)14/h1-4,8H,5-6,12H2,(H,13,14)/t8-/m0/s1/i1+1,2+1,3+1,4+1,7+1,9+1. The Balaban J connectivity index is 2.78. The quantitative estimate of drug-likeness (QED) is 0.813. The molecule has 0 aromatic heterocycles. The van der Waals surface area contributed by atoms with Gasteiger partial charge in [0, 0.05) is 10.9 Å². The van der Waals surface area contributed by atoms with E-state index < -0.39 is 5.97 Å². The summed E-state index contributed by atoms with van der Waals surface area (Å²) in [6.45, 7) is 0.327. The number of carboxylic acids is 1. The number of rotatable bonds is 4. The number of carbonyl (C=O) groups is 1. The second-order valence-corrected chi connectivity index (χ2v) is 3.52. The van der Waals surface area contributed by atoms with Gasteiger partial charge in [-0.25, -0.2) is 0 Å². The molecule has 0 spiro atoms. The minimum Gasteiger partial charge on any atom is -0.481 e. The average molecular weight is 220 g/mol.